The maximum atomic E-state index is 12.1. The van der Waals surface area contributed by atoms with Gasteiger partial charge in [0.2, 0.25) is 0 Å². The van der Waals surface area contributed by atoms with Crippen LogP contribution in [-0.4, -0.2) is 21.1 Å². The van der Waals surface area contributed by atoms with Crippen molar-refractivity contribution in [2.45, 2.75) is 52.4 Å². The van der Waals surface area contributed by atoms with Gasteiger partial charge in [-0.25, -0.2) is 0 Å². The third-order valence-electron chi connectivity index (χ3n) is 2.76. The minimum absolute atomic E-state index is 0.202. The van der Waals surface area contributed by atoms with E-state index < -0.39 is 18.7 Å². The average molecular weight is 250 g/mol. The molecule has 1 aromatic rings. The van der Waals surface area contributed by atoms with Crippen molar-refractivity contribution in [3.63, 3.8) is 0 Å². The van der Waals surface area contributed by atoms with E-state index in [0.29, 0.717) is 23.4 Å². The predicted molar refractivity (Wildman–Crippen MR) is 57.6 cm³/mol. The fraction of sp³-hybridized carbons (Fsp3) is 0.727. The highest BCUT2D eigenvalue weighted by Gasteiger charge is 2.28. The van der Waals surface area contributed by atoms with E-state index in [1.165, 1.54) is 4.68 Å². The van der Waals surface area contributed by atoms with E-state index in [1.807, 2.05) is 6.92 Å². The molecule has 0 saturated carbocycles. The number of aliphatic hydroxyl groups is 1. The van der Waals surface area contributed by atoms with E-state index in [2.05, 4.69) is 5.10 Å². The smallest absolute Gasteiger partial charge is 0.388 e. The monoisotopic (exact) mass is 250 g/mol. The van der Waals surface area contributed by atoms with Crippen molar-refractivity contribution in [2.75, 3.05) is 0 Å². The molecule has 1 atom stereocenters. The molecule has 0 aliphatic carbocycles. The third-order valence-corrected chi connectivity index (χ3v) is 2.76. The van der Waals surface area contributed by atoms with Crippen LogP contribution in [0.5, 0.6) is 0 Å². The van der Waals surface area contributed by atoms with Crippen molar-refractivity contribution >= 4 is 0 Å². The van der Waals surface area contributed by atoms with Gasteiger partial charge in [-0.05, 0) is 20.3 Å². The van der Waals surface area contributed by atoms with Crippen LogP contribution in [0, 0.1) is 13.8 Å². The highest BCUT2D eigenvalue weighted by atomic mass is 19.4. The molecule has 0 saturated heterocycles. The van der Waals surface area contributed by atoms with Crippen LogP contribution >= 0.6 is 0 Å². The SMILES string of the molecule is CCC(O)c1c(C)nn(CCC(F)(F)F)c1C. The fourth-order valence-corrected chi connectivity index (χ4v) is 1.85. The summed E-state index contributed by atoms with van der Waals surface area (Å²) in [6, 6.07) is 0. The van der Waals surface area contributed by atoms with Crippen LogP contribution in [-0.2, 0) is 6.54 Å². The highest BCUT2D eigenvalue weighted by Crippen LogP contribution is 2.26. The largest absolute Gasteiger partial charge is 0.390 e. The molecule has 98 valence electrons. The summed E-state index contributed by atoms with van der Waals surface area (Å²) in [5.74, 6) is 0. The molecular formula is C11H17F3N2O. The molecule has 17 heavy (non-hydrogen) atoms. The molecule has 0 spiro atoms. The number of aromatic nitrogens is 2. The Balaban J connectivity index is 2.89. The molecule has 3 nitrogen and oxygen atoms in total. The first-order chi connectivity index (χ1) is 7.76. The Labute approximate surface area is 98.2 Å². The van der Waals surface area contributed by atoms with Gasteiger partial charge in [-0.15, -0.1) is 0 Å². The summed E-state index contributed by atoms with van der Waals surface area (Å²) in [5, 5.41) is 13.8. The second kappa shape index (κ2) is 5.08. The summed E-state index contributed by atoms with van der Waals surface area (Å²) < 4.78 is 37.7. The van der Waals surface area contributed by atoms with Crippen molar-refractivity contribution in [1.82, 2.24) is 9.78 Å². The van der Waals surface area contributed by atoms with Crippen molar-refractivity contribution in [1.29, 1.82) is 0 Å². The predicted octanol–water partition coefficient (Wildman–Crippen LogP) is 2.90. The molecule has 1 aromatic heterocycles. The first-order valence-electron chi connectivity index (χ1n) is 5.55. The van der Waals surface area contributed by atoms with Crippen LogP contribution < -0.4 is 0 Å². The van der Waals surface area contributed by atoms with Gasteiger partial charge < -0.3 is 5.11 Å². The van der Waals surface area contributed by atoms with Gasteiger partial charge >= 0.3 is 6.18 Å². The number of alkyl halides is 3. The Kier molecular flexibility index (Phi) is 4.19. The Bertz CT molecular complexity index is 385. The van der Waals surface area contributed by atoms with Crippen molar-refractivity contribution in [3.8, 4) is 0 Å². The molecule has 1 N–H and O–H groups in total. The minimum atomic E-state index is -4.18. The lowest BCUT2D eigenvalue weighted by Crippen LogP contribution is -2.14. The molecule has 1 rings (SSSR count). The van der Waals surface area contributed by atoms with Crippen LogP contribution in [0.3, 0.4) is 0 Å². The lowest BCUT2D eigenvalue weighted by molar-refractivity contribution is -0.137. The molecule has 0 bridgehead atoms. The molecule has 0 fully saturated rings. The number of nitrogens with zero attached hydrogens (tertiary/aromatic N) is 2. The number of hydrogen-bond donors (Lipinski definition) is 1. The van der Waals surface area contributed by atoms with Crippen molar-refractivity contribution in [3.05, 3.63) is 17.0 Å². The van der Waals surface area contributed by atoms with E-state index >= 15 is 0 Å². The lowest BCUT2D eigenvalue weighted by atomic mass is 10.1. The molecule has 0 aliphatic rings. The average Bonchev–Trinajstić information content (AvgIpc) is 2.49. The standard InChI is InChI=1S/C11H17F3N2O/c1-4-9(17)10-7(2)15-16(8(10)3)6-5-11(12,13)14/h9,17H,4-6H2,1-3H3. The molecule has 1 unspecified atom stereocenters. The fourth-order valence-electron chi connectivity index (χ4n) is 1.85. The maximum Gasteiger partial charge on any atom is 0.390 e. The van der Waals surface area contributed by atoms with Gasteiger partial charge in [0.05, 0.1) is 18.2 Å². The van der Waals surface area contributed by atoms with Crippen LogP contribution in [0.4, 0.5) is 13.2 Å². The first kappa shape index (κ1) is 14.0. The molecule has 6 heteroatoms. The molecular weight excluding hydrogens is 233 g/mol. The Morgan fingerprint density at radius 2 is 1.94 bits per heavy atom. The van der Waals surface area contributed by atoms with Gasteiger partial charge in [-0.1, -0.05) is 6.92 Å². The Morgan fingerprint density at radius 1 is 1.35 bits per heavy atom. The Hall–Kier alpha value is -1.04. The van der Waals surface area contributed by atoms with E-state index in [9.17, 15) is 18.3 Å². The zero-order chi connectivity index (χ0) is 13.2. The second-order valence-electron chi connectivity index (χ2n) is 4.10. The number of hydrogen-bond acceptors (Lipinski definition) is 2. The zero-order valence-corrected chi connectivity index (χ0v) is 10.2. The quantitative estimate of drug-likeness (QED) is 0.892. The number of aryl methyl sites for hydroxylation is 2. The second-order valence-corrected chi connectivity index (χ2v) is 4.10. The van der Waals surface area contributed by atoms with Gasteiger partial charge in [-0.2, -0.15) is 18.3 Å². The summed E-state index contributed by atoms with van der Waals surface area (Å²) in [6.07, 6.45) is -5.23. The number of rotatable bonds is 4. The topological polar surface area (TPSA) is 38.1 Å². The van der Waals surface area contributed by atoms with E-state index in [1.54, 1.807) is 13.8 Å². The van der Waals surface area contributed by atoms with Crippen molar-refractivity contribution < 1.29 is 18.3 Å². The summed E-state index contributed by atoms with van der Waals surface area (Å²) >= 11 is 0. The lowest BCUT2D eigenvalue weighted by Gasteiger charge is -2.10. The normalized spacial score (nSPS) is 14.1. The Morgan fingerprint density at radius 3 is 2.41 bits per heavy atom. The third kappa shape index (κ3) is 3.46. The van der Waals surface area contributed by atoms with Gasteiger partial charge in [0.15, 0.2) is 0 Å². The minimum Gasteiger partial charge on any atom is -0.388 e. The zero-order valence-electron chi connectivity index (χ0n) is 10.2. The van der Waals surface area contributed by atoms with Crippen LogP contribution in [0.1, 0.15) is 42.8 Å². The van der Waals surface area contributed by atoms with Crippen LogP contribution in [0.15, 0.2) is 0 Å². The first-order valence-corrected chi connectivity index (χ1v) is 5.55. The van der Waals surface area contributed by atoms with Gasteiger partial charge in [-0.3, -0.25) is 4.68 Å². The molecule has 0 aromatic carbocycles. The molecule has 0 radical (unpaired) electrons. The van der Waals surface area contributed by atoms with E-state index in [0.717, 1.165) is 0 Å². The number of aliphatic hydroxyl groups excluding tert-OH is 1. The summed E-state index contributed by atoms with van der Waals surface area (Å²) in [4.78, 5) is 0. The summed E-state index contributed by atoms with van der Waals surface area (Å²) in [6.45, 7) is 5.00. The van der Waals surface area contributed by atoms with Crippen LogP contribution in [0.2, 0.25) is 0 Å². The van der Waals surface area contributed by atoms with Crippen LogP contribution in [0.25, 0.3) is 0 Å². The van der Waals surface area contributed by atoms with E-state index in [-0.39, 0.29) is 6.54 Å². The molecule has 0 amide bonds. The van der Waals surface area contributed by atoms with Gasteiger partial charge in [0.25, 0.3) is 0 Å². The number of halogens is 3. The molecule has 1 heterocycles. The highest BCUT2D eigenvalue weighted by molar-refractivity contribution is 5.26. The van der Waals surface area contributed by atoms with E-state index in [4.69, 9.17) is 0 Å². The maximum absolute atomic E-state index is 12.1. The van der Waals surface area contributed by atoms with Crippen molar-refractivity contribution in [2.24, 2.45) is 0 Å². The molecule has 0 aliphatic heterocycles. The van der Waals surface area contributed by atoms with Gasteiger partial charge in [0.1, 0.15) is 0 Å². The van der Waals surface area contributed by atoms with Gasteiger partial charge in [0, 0.05) is 17.8 Å². The summed E-state index contributed by atoms with van der Waals surface area (Å²) in [7, 11) is 0. The summed E-state index contributed by atoms with van der Waals surface area (Å²) in [5.41, 5.74) is 1.86.